The van der Waals surface area contributed by atoms with Crippen LogP contribution >= 0.6 is 0 Å². The summed E-state index contributed by atoms with van der Waals surface area (Å²) in [5.41, 5.74) is 0.561. The fraction of sp³-hybridized carbons (Fsp3) is 0.462. The third kappa shape index (κ3) is 2.35. The van der Waals surface area contributed by atoms with E-state index in [0.29, 0.717) is 17.1 Å². The van der Waals surface area contributed by atoms with Crippen molar-refractivity contribution in [1.82, 2.24) is 0 Å². The van der Waals surface area contributed by atoms with Crippen LogP contribution < -0.4 is 9.47 Å². The first-order valence-corrected chi connectivity index (χ1v) is 5.63. The monoisotopic (exact) mass is 220 g/mol. The molecule has 0 heterocycles. The maximum atomic E-state index is 10.9. The molecule has 3 nitrogen and oxygen atoms in total. The topological polar surface area (TPSA) is 35.5 Å². The number of hydrogen-bond donors (Lipinski definition) is 0. The number of rotatable bonds is 4. The molecule has 1 saturated carbocycles. The summed E-state index contributed by atoms with van der Waals surface area (Å²) in [6.07, 6.45) is 5.70. The number of carbonyl (C=O) groups excluding carboxylic acids is 1. The second-order valence-corrected chi connectivity index (χ2v) is 4.05. The second kappa shape index (κ2) is 5.01. The van der Waals surface area contributed by atoms with E-state index in [9.17, 15) is 4.79 Å². The van der Waals surface area contributed by atoms with E-state index in [-0.39, 0.29) is 6.10 Å². The minimum atomic E-state index is 0.270. The van der Waals surface area contributed by atoms with E-state index >= 15 is 0 Å². The number of benzene rings is 1. The smallest absolute Gasteiger partial charge is 0.153 e. The normalized spacial score (nSPS) is 16.1. The number of carbonyl (C=O) groups is 1. The summed E-state index contributed by atoms with van der Waals surface area (Å²) in [7, 11) is 1.58. The van der Waals surface area contributed by atoms with Gasteiger partial charge in [-0.3, -0.25) is 4.79 Å². The minimum Gasteiger partial charge on any atom is -0.497 e. The van der Waals surface area contributed by atoms with E-state index in [1.807, 2.05) is 6.07 Å². The van der Waals surface area contributed by atoms with Gasteiger partial charge in [0.05, 0.1) is 18.8 Å². The molecule has 0 aliphatic heterocycles. The van der Waals surface area contributed by atoms with Crippen LogP contribution in [-0.4, -0.2) is 19.5 Å². The molecule has 16 heavy (non-hydrogen) atoms. The van der Waals surface area contributed by atoms with Gasteiger partial charge in [0.15, 0.2) is 6.29 Å². The van der Waals surface area contributed by atoms with Gasteiger partial charge in [-0.15, -0.1) is 0 Å². The molecule has 0 unspecified atom stereocenters. The zero-order valence-electron chi connectivity index (χ0n) is 9.44. The summed E-state index contributed by atoms with van der Waals surface area (Å²) >= 11 is 0. The first-order valence-electron chi connectivity index (χ1n) is 5.63. The van der Waals surface area contributed by atoms with Crippen LogP contribution in [0.4, 0.5) is 0 Å². The fourth-order valence-corrected chi connectivity index (χ4v) is 2.04. The molecule has 2 rings (SSSR count). The van der Waals surface area contributed by atoms with Crippen molar-refractivity contribution in [2.75, 3.05) is 7.11 Å². The second-order valence-electron chi connectivity index (χ2n) is 4.05. The molecule has 0 N–H and O–H groups in total. The lowest BCUT2D eigenvalue weighted by Gasteiger charge is -2.15. The average molecular weight is 220 g/mol. The lowest BCUT2D eigenvalue weighted by atomic mass is 10.2. The highest BCUT2D eigenvalue weighted by Gasteiger charge is 2.17. The third-order valence-corrected chi connectivity index (χ3v) is 2.94. The molecule has 3 heteroatoms. The molecule has 0 radical (unpaired) electrons. The molecule has 1 aromatic rings. The highest BCUT2D eigenvalue weighted by atomic mass is 16.5. The van der Waals surface area contributed by atoms with Gasteiger partial charge < -0.3 is 9.47 Å². The van der Waals surface area contributed by atoms with Crippen molar-refractivity contribution in [3.8, 4) is 11.5 Å². The maximum Gasteiger partial charge on any atom is 0.153 e. The quantitative estimate of drug-likeness (QED) is 0.732. The van der Waals surface area contributed by atoms with Gasteiger partial charge in [0.1, 0.15) is 11.5 Å². The lowest BCUT2D eigenvalue weighted by molar-refractivity contribution is 0.111. The maximum absolute atomic E-state index is 10.9. The summed E-state index contributed by atoms with van der Waals surface area (Å²) in [6, 6.07) is 5.33. The Morgan fingerprint density at radius 3 is 2.69 bits per heavy atom. The molecule has 0 saturated heterocycles. The van der Waals surface area contributed by atoms with E-state index in [2.05, 4.69) is 0 Å². The summed E-state index contributed by atoms with van der Waals surface area (Å²) in [6.45, 7) is 0. The van der Waals surface area contributed by atoms with Crippen LogP contribution in [0.1, 0.15) is 36.0 Å². The van der Waals surface area contributed by atoms with E-state index in [1.165, 1.54) is 12.8 Å². The fourth-order valence-electron chi connectivity index (χ4n) is 2.04. The van der Waals surface area contributed by atoms with Gasteiger partial charge in [-0.1, -0.05) is 0 Å². The Bertz CT molecular complexity index is 367. The number of methoxy groups -OCH3 is 1. The average Bonchev–Trinajstić information content (AvgIpc) is 2.82. The molecule has 0 aromatic heterocycles. The third-order valence-electron chi connectivity index (χ3n) is 2.94. The van der Waals surface area contributed by atoms with Crippen molar-refractivity contribution >= 4 is 6.29 Å². The van der Waals surface area contributed by atoms with Crippen molar-refractivity contribution in [1.29, 1.82) is 0 Å². The Hall–Kier alpha value is -1.51. The van der Waals surface area contributed by atoms with E-state index < -0.39 is 0 Å². The summed E-state index contributed by atoms with van der Waals surface area (Å²) in [5, 5.41) is 0. The lowest BCUT2D eigenvalue weighted by Crippen LogP contribution is -2.12. The Morgan fingerprint density at radius 2 is 2.06 bits per heavy atom. The molecular formula is C13H16O3. The van der Waals surface area contributed by atoms with Crippen molar-refractivity contribution in [2.24, 2.45) is 0 Å². The van der Waals surface area contributed by atoms with Crippen LogP contribution in [0, 0.1) is 0 Å². The van der Waals surface area contributed by atoms with Crippen LogP contribution in [0.2, 0.25) is 0 Å². The largest absolute Gasteiger partial charge is 0.497 e. The highest BCUT2D eigenvalue weighted by molar-refractivity contribution is 5.80. The van der Waals surface area contributed by atoms with Gasteiger partial charge in [0.2, 0.25) is 0 Å². The zero-order valence-corrected chi connectivity index (χ0v) is 9.44. The zero-order chi connectivity index (χ0) is 11.4. The van der Waals surface area contributed by atoms with Gasteiger partial charge >= 0.3 is 0 Å². The summed E-state index contributed by atoms with van der Waals surface area (Å²) in [5.74, 6) is 1.35. The Kier molecular flexibility index (Phi) is 3.44. The van der Waals surface area contributed by atoms with Crippen molar-refractivity contribution in [3.63, 3.8) is 0 Å². The van der Waals surface area contributed by atoms with Crippen molar-refractivity contribution in [2.45, 2.75) is 31.8 Å². The van der Waals surface area contributed by atoms with E-state index in [0.717, 1.165) is 19.1 Å². The van der Waals surface area contributed by atoms with Crippen LogP contribution in [-0.2, 0) is 0 Å². The molecule has 0 spiro atoms. The van der Waals surface area contributed by atoms with Crippen LogP contribution in [0.15, 0.2) is 18.2 Å². The molecule has 0 amide bonds. The summed E-state index contributed by atoms with van der Waals surface area (Å²) in [4.78, 5) is 10.9. The van der Waals surface area contributed by atoms with Crippen LogP contribution in [0.25, 0.3) is 0 Å². The van der Waals surface area contributed by atoms with E-state index in [4.69, 9.17) is 9.47 Å². The Labute approximate surface area is 95.4 Å². The first kappa shape index (κ1) is 11.0. The van der Waals surface area contributed by atoms with E-state index in [1.54, 1.807) is 19.2 Å². The van der Waals surface area contributed by atoms with Crippen LogP contribution in [0.3, 0.4) is 0 Å². The van der Waals surface area contributed by atoms with Gasteiger partial charge in [0.25, 0.3) is 0 Å². The summed E-state index contributed by atoms with van der Waals surface area (Å²) < 4.78 is 10.9. The number of aldehydes is 1. The molecule has 0 bridgehead atoms. The molecule has 1 aliphatic carbocycles. The van der Waals surface area contributed by atoms with Gasteiger partial charge in [-0.25, -0.2) is 0 Å². The molecule has 86 valence electrons. The molecule has 1 aliphatic rings. The first-order chi connectivity index (χ1) is 7.83. The molecule has 1 fully saturated rings. The Balaban J connectivity index is 2.15. The standard InChI is InChI=1S/C13H16O3/c1-15-12-6-7-13(10(8-12)9-14)16-11-4-2-3-5-11/h6-9,11H,2-5H2,1H3. The van der Waals surface area contributed by atoms with Crippen molar-refractivity contribution < 1.29 is 14.3 Å². The Morgan fingerprint density at radius 1 is 1.31 bits per heavy atom. The SMILES string of the molecule is COc1ccc(OC2CCCC2)c(C=O)c1. The highest BCUT2D eigenvalue weighted by Crippen LogP contribution is 2.28. The molecular weight excluding hydrogens is 204 g/mol. The van der Waals surface area contributed by atoms with Crippen LogP contribution in [0.5, 0.6) is 11.5 Å². The van der Waals surface area contributed by atoms with Gasteiger partial charge in [-0.2, -0.15) is 0 Å². The van der Waals surface area contributed by atoms with Gasteiger partial charge in [-0.05, 0) is 43.9 Å². The predicted octanol–water partition coefficient (Wildman–Crippen LogP) is 2.83. The molecule has 0 atom stereocenters. The van der Waals surface area contributed by atoms with Gasteiger partial charge in [0, 0.05) is 0 Å². The van der Waals surface area contributed by atoms with Crippen molar-refractivity contribution in [3.05, 3.63) is 23.8 Å². The predicted molar refractivity (Wildman–Crippen MR) is 61.3 cm³/mol. The molecule has 1 aromatic carbocycles. The minimum absolute atomic E-state index is 0.270. The number of hydrogen-bond acceptors (Lipinski definition) is 3. The number of ether oxygens (including phenoxy) is 2.